The molecule has 1 saturated heterocycles. The van der Waals surface area contributed by atoms with Crippen LogP contribution in [0.15, 0.2) is 17.8 Å². The van der Waals surface area contributed by atoms with Crippen LogP contribution in [0.25, 0.3) is 0 Å². The first-order valence-electron chi connectivity index (χ1n) is 7.00. The van der Waals surface area contributed by atoms with Gasteiger partial charge in [-0.3, -0.25) is 14.9 Å². The zero-order chi connectivity index (χ0) is 17.0. The molecule has 1 aromatic heterocycles. The summed E-state index contributed by atoms with van der Waals surface area (Å²) >= 11 is 1.14. The molecular formula is C13H18N4O4S2. The zero-order valence-electron chi connectivity index (χ0n) is 12.7. The van der Waals surface area contributed by atoms with Crippen LogP contribution in [0, 0.1) is 0 Å². The third-order valence-electron chi connectivity index (χ3n) is 3.30. The van der Waals surface area contributed by atoms with E-state index in [-0.39, 0.29) is 23.2 Å². The highest BCUT2D eigenvalue weighted by Crippen LogP contribution is 2.30. The number of nitrogens with zero attached hydrogens (tertiary/aromatic N) is 3. The second-order valence-corrected chi connectivity index (χ2v) is 8.40. The molecule has 2 amide bonds. The van der Waals surface area contributed by atoms with Crippen LogP contribution in [-0.2, 0) is 26.0 Å². The highest BCUT2D eigenvalue weighted by Gasteiger charge is 2.33. The Balaban J connectivity index is 2.13. The van der Waals surface area contributed by atoms with Gasteiger partial charge in [-0.2, -0.15) is 0 Å². The molecule has 1 atom stereocenters. The summed E-state index contributed by atoms with van der Waals surface area (Å²) in [4.78, 5) is 22.4. The highest BCUT2D eigenvalue weighted by atomic mass is 32.2. The van der Waals surface area contributed by atoms with Crippen molar-refractivity contribution in [2.45, 2.75) is 31.0 Å². The summed E-state index contributed by atoms with van der Waals surface area (Å²) in [6, 6.07) is 0. The molecule has 0 unspecified atom stereocenters. The molecule has 2 rings (SSSR count). The number of thioether (sulfide) groups is 1. The van der Waals surface area contributed by atoms with Gasteiger partial charge in [0.05, 0.1) is 17.3 Å². The predicted molar refractivity (Wildman–Crippen MR) is 85.8 cm³/mol. The van der Waals surface area contributed by atoms with Gasteiger partial charge in [0, 0.05) is 19.4 Å². The van der Waals surface area contributed by atoms with Gasteiger partial charge in [0.2, 0.25) is 11.8 Å². The standard InChI is InChI=1S/C13H18N4O4S2/c1-3-5-17-12(10-4-6-23(20,21)8-10)15-16-13(17)22-7-11(19)14-9(2)18/h3,10H,1,4-8H2,2H3,(H,14,18,19)/t10-/m0/s1. The molecule has 0 aliphatic carbocycles. The summed E-state index contributed by atoms with van der Waals surface area (Å²) in [6.07, 6.45) is 2.18. The second-order valence-electron chi connectivity index (χ2n) is 5.23. The van der Waals surface area contributed by atoms with Gasteiger partial charge >= 0.3 is 0 Å². The van der Waals surface area contributed by atoms with Crippen molar-refractivity contribution in [3.05, 3.63) is 18.5 Å². The molecule has 10 heteroatoms. The summed E-state index contributed by atoms with van der Waals surface area (Å²) in [6.45, 7) is 5.37. The normalized spacial score (nSPS) is 19.4. The summed E-state index contributed by atoms with van der Waals surface area (Å²) < 4.78 is 25.0. The van der Waals surface area contributed by atoms with Crippen LogP contribution in [-0.4, -0.2) is 52.3 Å². The lowest BCUT2D eigenvalue weighted by molar-refractivity contribution is -0.127. The van der Waals surface area contributed by atoms with Crippen LogP contribution in [0.1, 0.15) is 25.1 Å². The Morgan fingerprint density at radius 2 is 2.22 bits per heavy atom. The van der Waals surface area contributed by atoms with Crippen molar-refractivity contribution in [1.29, 1.82) is 0 Å². The number of hydrogen-bond acceptors (Lipinski definition) is 7. The van der Waals surface area contributed by atoms with Crippen molar-refractivity contribution >= 4 is 33.4 Å². The minimum absolute atomic E-state index is 0.0256. The Bertz CT molecular complexity index is 726. The Labute approximate surface area is 138 Å². The first-order chi connectivity index (χ1) is 10.8. The van der Waals surface area contributed by atoms with Crippen molar-refractivity contribution in [2.24, 2.45) is 0 Å². The van der Waals surface area contributed by atoms with Crippen LogP contribution in [0.3, 0.4) is 0 Å². The zero-order valence-corrected chi connectivity index (χ0v) is 14.3. The van der Waals surface area contributed by atoms with E-state index >= 15 is 0 Å². The number of carbonyl (C=O) groups is 2. The van der Waals surface area contributed by atoms with E-state index in [0.29, 0.717) is 23.9 Å². The number of allylic oxidation sites excluding steroid dienone is 1. The molecule has 0 saturated carbocycles. The van der Waals surface area contributed by atoms with Gasteiger partial charge in [-0.05, 0) is 6.42 Å². The van der Waals surface area contributed by atoms with Gasteiger partial charge in [-0.25, -0.2) is 8.42 Å². The van der Waals surface area contributed by atoms with Gasteiger partial charge < -0.3 is 4.57 Å². The maximum absolute atomic E-state index is 11.6. The number of nitrogens with one attached hydrogen (secondary N) is 1. The lowest BCUT2D eigenvalue weighted by Crippen LogP contribution is -2.29. The smallest absolute Gasteiger partial charge is 0.237 e. The molecule has 0 spiro atoms. The van der Waals surface area contributed by atoms with E-state index in [1.165, 1.54) is 6.92 Å². The Morgan fingerprint density at radius 1 is 1.48 bits per heavy atom. The van der Waals surface area contributed by atoms with Crippen molar-refractivity contribution in [1.82, 2.24) is 20.1 Å². The molecule has 0 bridgehead atoms. The molecule has 1 fully saturated rings. The molecule has 23 heavy (non-hydrogen) atoms. The van der Waals surface area contributed by atoms with Gasteiger partial charge in [0.1, 0.15) is 5.82 Å². The third-order valence-corrected chi connectivity index (χ3v) is 6.04. The van der Waals surface area contributed by atoms with Crippen LogP contribution in [0.5, 0.6) is 0 Å². The summed E-state index contributed by atoms with van der Waals surface area (Å²) in [5.41, 5.74) is 0. The predicted octanol–water partition coefficient (Wildman–Crippen LogP) is 0.121. The van der Waals surface area contributed by atoms with E-state index in [2.05, 4.69) is 22.1 Å². The summed E-state index contributed by atoms with van der Waals surface area (Å²) in [7, 11) is -3.02. The number of rotatable bonds is 6. The van der Waals surface area contributed by atoms with E-state index in [0.717, 1.165) is 11.8 Å². The van der Waals surface area contributed by atoms with Crippen molar-refractivity contribution in [2.75, 3.05) is 17.3 Å². The molecule has 1 N–H and O–H groups in total. The fraction of sp³-hybridized carbons (Fsp3) is 0.538. The lowest BCUT2D eigenvalue weighted by atomic mass is 10.1. The number of imide groups is 1. The Hall–Kier alpha value is -1.68. The van der Waals surface area contributed by atoms with Crippen LogP contribution >= 0.6 is 11.8 Å². The lowest BCUT2D eigenvalue weighted by Gasteiger charge is -2.11. The molecule has 0 radical (unpaired) electrons. The minimum atomic E-state index is -3.02. The van der Waals surface area contributed by atoms with E-state index in [9.17, 15) is 18.0 Å². The average Bonchev–Trinajstić information content (AvgIpc) is 2.99. The topological polar surface area (TPSA) is 111 Å². The highest BCUT2D eigenvalue weighted by molar-refractivity contribution is 7.99. The van der Waals surface area contributed by atoms with Crippen LogP contribution < -0.4 is 5.32 Å². The summed E-state index contributed by atoms with van der Waals surface area (Å²) in [5, 5.41) is 10.8. The minimum Gasteiger partial charge on any atom is -0.302 e. The van der Waals surface area contributed by atoms with Gasteiger partial charge in [0.15, 0.2) is 15.0 Å². The van der Waals surface area contributed by atoms with Crippen LogP contribution in [0.2, 0.25) is 0 Å². The van der Waals surface area contributed by atoms with E-state index in [4.69, 9.17) is 0 Å². The molecule has 8 nitrogen and oxygen atoms in total. The quantitative estimate of drug-likeness (QED) is 0.568. The first-order valence-corrected chi connectivity index (χ1v) is 9.80. The fourth-order valence-corrected chi connectivity index (χ4v) is 4.86. The maximum Gasteiger partial charge on any atom is 0.237 e. The number of sulfone groups is 1. The third kappa shape index (κ3) is 4.64. The van der Waals surface area contributed by atoms with Gasteiger partial charge in [-0.15, -0.1) is 16.8 Å². The molecular weight excluding hydrogens is 340 g/mol. The molecule has 126 valence electrons. The fourth-order valence-electron chi connectivity index (χ4n) is 2.37. The van der Waals surface area contributed by atoms with Crippen LogP contribution in [0.4, 0.5) is 0 Å². The maximum atomic E-state index is 11.6. The Kier molecular flexibility index (Phi) is 5.58. The van der Waals surface area contributed by atoms with Gasteiger partial charge in [-0.1, -0.05) is 17.8 Å². The Morgan fingerprint density at radius 3 is 2.78 bits per heavy atom. The SMILES string of the molecule is C=CCn1c(SCC(=O)NC(C)=O)nnc1[C@H]1CCS(=O)(=O)C1. The number of aromatic nitrogens is 3. The number of carbonyl (C=O) groups excluding carboxylic acids is 2. The molecule has 0 aromatic carbocycles. The molecule has 1 aromatic rings. The van der Waals surface area contributed by atoms with E-state index < -0.39 is 21.7 Å². The molecule has 1 aliphatic heterocycles. The van der Waals surface area contributed by atoms with E-state index in [1.807, 2.05) is 0 Å². The average molecular weight is 358 g/mol. The molecule has 1 aliphatic rings. The first kappa shape index (κ1) is 17.7. The van der Waals surface area contributed by atoms with Crippen molar-refractivity contribution in [3.63, 3.8) is 0 Å². The number of amides is 2. The van der Waals surface area contributed by atoms with E-state index in [1.54, 1.807) is 10.6 Å². The van der Waals surface area contributed by atoms with Gasteiger partial charge in [0.25, 0.3) is 0 Å². The number of hydrogen-bond donors (Lipinski definition) is 1. The van der Waals surface area contributed by atoms with Crippen molar-refractivity contribution in [3.8, 4) is 0 Å². The molecule has 2 heterocycles. The largest absolute Gasteiger partial charge is 0.302 e. The second kappa shape index (κ2) is 7.26. The van der Waals surface area contributed by atoms with Crippen molar-refractivity contribution < 1.29 is 18.0 Å². The monoisotopic (exact) mass is 358 g/mol. The summed E-state index contributed by atoms with van der Waals surface area (Å²) in [5.74, 6) is -0.175.